The Morgan fingerprint density at radius 3 is 2.77 bits per heavy atom. The molecule has 1 aliphatic heterocycles. The van der Waals surface area contributed by atoms with E-state index in [9.17, 15) is 9.18 Å². The molecule has 1 saturated heterocycles. The number of amides is 1. The number of nitrogens with zero attached hydrogens (tertiary/aromatic N) is 2. The van der Waals surface area contributed by atoms with Crippen LogP contribution >= 0.6 is 0 Å². The molecule has 0 aromatic heterocycles. The fourth-order valence-corrected chi connectivity index (χ4v) is 3.35. The van der Waals surface area contributed by atoms with Gasteiger partial charge in [-0.25, -0.2) is 4.39 Å². The second kappa shape index (κ2) is 9.55. The number of hydrogen-bond donors (Lipinski definition) is 2. The molecule has 5 nitrogen and oxygen atoms in total. The summed E-state index contributed by atoms with van der Waals surface area (Å²) in [4.78, 5) is 18.2. The Kier molecular flexibility index (Phi) is 7.42. The van der Waals surface area contributed by atoms with Gasteiger partial charge in [0.1, 0.15) is 5.82 Å². The first-order valence-corrected chi connectivity index (χ1v) is 9.49. The van der Waals surface area contributed by atoms with Crippen LogP contribution in [0.25, 0.3) is 0 Å². The lowest BCUT2D eigenvalue weighted by atomic mass is 10.1. The van der Waals surface area contributed by atoms with Crippen LogP contribution < -0.4 is 10.6 Å². The first-order chi connectivity index (χ1) is 12.5. The highest BCUT2D eigenvalue weighted by Gasteiger charge is 2.26. The molecule has 2 rings (SSSR count). The van der Waals surface area contributed by atoms with Crippen molar-refractivity contribution in [2.45, 2.75) is 58.5 Å². The van der Waals surface area contributed by atoms with Crippen molar-refractivity contribution in [1.29, 1.82) is 0 Å². The van der Waals surface area contributed by atoms with Gasteiger partial charge in [-0.05, 0) is 50.3 Å². The summed E-state index contributed by atoms with van der Waals surface area (Å²) in [6.07, 6.45) is 3.49. The maximum atomic E-state index is 13.8. The Bertz CT molecular complexity index is 647. The molecule has 1 fully saturated rings. The fraction of sp³-hybridized carbons (Fsp3) is 0.600. The van der Waals surface area contributed by atoms with Gasteiger partial charge in [-0.1, -0.05) is 19.1 Å². The number of carbonyl (C=O) groups is 1. The van der Waals surface area contributed by atoms with Crippen molar-refractivity contribution in [3.05, 3.63) is 35.1 Å². The molecule has 1 aromatic carbocycles. The predicted molar refractivity (Wildman–Crippen MR) is 104 cm³/mol. The molecular weight excluding hydrogens is 331 g/mol. The minimum Gasteiger partial charge on any atom is -0.356 e. The first kappa shape index (κ1) is 20.2. The number of hydrogen-bond acceptors (Lipinski definition) is 2. The van der Waals surface area contributed by atoms with E-state index in [1.54, 1.807) is 26.1 Å². The summed E-state index contributed by atoms with van der Waals surface area (Å²) in [5.74, 6) is 0.760. The summed E-state index contributed by atoms with van der Waals surface area (Å²) in [6, 6.07) is 5.50. The van der Waals surface area contributed by atoms with Crippen molar-refractivity contribution < 1.29 is 9.18 Å². The van der Waals surface area contributed by atoms with Crippen LogP contribution in [0, 0.1) is 12.7 Å². The third kappa shape index (κ3) is 5.19. The van der Waals surface area contributed by atoms with E-state index in [1.807, 2.05) is 17.9 Å². The Labute approximate surface area is 156 Å². The van der Waals surface area contributed by atoms with E-state index in [0.717, 1.165) is 37.9 Å². The van der Waals surface area contributed by atoms with Gasteiger partial charge >= 0.3 is 0 Å². The first-order valence-electron chi connectivity index (χ1n) is 9.49. The van der Waals surface area contributed by atoms with Crippen molar-refractivity contribution in [1.82, 2.24) is 15.5 Å². The summed E-state index contributed by atoms with van der Waals surface area (Å²) in [5, 5.41) is 6.60. The van der Waals surface area contributed by atoms with Crippen molar-refractivity contribution in [2.75, 3.05) is 20.1 Å². The standard InChI is InChI=1S/C20H31FN4O/c1-5-17(25-12-6-7-19(25)26)10-11-23-20(22-4)24-15(3)16-9-8-14(2)18(21)13-16/h8-9,13,15,17H,5-7,10-12H2,1-4H3,(H2,22,23,24). The van der Waals surface area contributed by atoms with Crippen LogP contribution in [0.2, 0.25) is 0 Å². The second-order valence-corrected chi connectivity index (χ2v) is 6.92. The van der Waals surface area contributed by atoms with Crippen molar-refractivity contribution in [2.24, 2.45) is 4.99 Å². The highest BCUT2D eigenvalue weighted by molar-refractivity contribution is 5.80. The van der Waals surface area contributed by atoms with Crippen molar-refractivity contribution in [3.8, 4) is 0 Å². The lowest BCUT2D eigenvalue weighted by Gasteiger charge is -2.27. The highest BCUT2D eigenvalue weighted by Crippen LogP contribution is 2.18. The second-order valence-electron chi connectivity index (χ2n) is 6.92. The van der Waals surface area contributed by atoms with Crippen LogP contribution in [0.4, 0.5) is 4.39 Å². The Hall–Kier alpha value is -2.11. The van der Waals surface area contributed by atoms with Gasteiger partial charge in [0.2, 0.25) is 5.91 Å². The fourth-order valence-electron chi connectivity index (χ4n) is 3.35. The topological polar surface area (TPSA) is 56.7 Å². The van der Waals surface area contributed by atoms with Crippen LogP contribution in [0.5, 0.6) is 0 Å². The largest absolute Gasteiger partial charge is 0.356 e. The summed E-state index contributed by atoms with van der Waals surface area (Å²) < 4.78 is 13.8. The number of aryl methyl sites for hydroxylation is 1. The maximum absolute atomic E-state index is 13.8. The molecule has 1 heterocycles. The molecule has 26 heavy (non-hydrogen) atoms. The lowest BCUT2D eigenvalue weighted by molar-refractivity contribution is -0.129. The van der Waals surface area contributed by atoms with Crippen molar-refractivity contribution >= 4 is 11.9 Å². The molecule has 2 atom stereocenters. The lowest BCUT2D eigenvalue weighted by Crippen LogP contribution is -2.42. The summed E-state index contributed by atoms with van der Waals surface area (Å²) in [6.45, 7) is 7.47. The van der Waals surface area contributed by atoms with Gasteiger partial charge in [-0.3, -0.25) is 9.79 Å². The third-order valence-corrected chi connectivity index (χ3v) is 5.06. The van der Waals surface area contributed by atoms with Crippen LogP contribution in [0.3, 0.4) is 0 Å². The van der Waals surface area contributed by atoms with Crippen LogP contribution in [0.1, 0.15) is 56.7 Å². The van der Waals surface area contributed by atoms with Gasteiger partial charge in [0.15, 0.2) is 5.96 Å². The SMILES string of the molecule is CCC(CCNC(=NC)NC(C)c1ccc(C)c(F)c1)N1CCCC1=O. The molecule has 144 valence electrons. The Balaban J connectivity index is 1.85. The predicted octanol–water partition coefficient (Wildman–Crippen LogP) is 3.15. The summed E-state index contributed by atoms with van der Waals surface area (Å²) in [5.41, 5.74) is 1.52. The molecule has 1 aromatic rings. The monoisotopic (exact) mass is 362 g/mol. The molecule has 0 radical (unpaired) electrons. The molecule has 0 saturated carbocycles. The molecular formula is C20H31FN4O. The quantitative estimate of drug-likeness (QED) is 0.579. The molecule has 2 unspecified atom stereocenters. The summed E-state index contributed by atoms with van der Waals surface area (Å²) in [7, 11) is 1.72. The molecule has 6 heteroatoms. The van der Waals surface area contributed by atoms with E-state index in [2.05, 4.69) is 22.5 Å². The number of carbonyl (C=O) groups excluding carboxylic acids is 1. The molecule has 1 aliphatic rings. The van der Waals surface area contributed by atoms with Gasteiger partial charge in [0.25, 0.3) is 0 Å². The van der Waals surface area contributed by atoms with E-state index >= 15 is 0 Å². The molecule has 1 amide bonds. The summed E-state index contributed by atoms with van der Waals surface area (Å²) >= 11 is 0. The third-order valence-electron chi connectivity index (χ3n) is 5.06. The molecule has 0 bridgehead atoms. The zero-order valence-electron chi connectivity index (χ0n) is 16.3. The Morgan fingerprint density at radius 2 is 2.19 bits per heavy atom. The van der Waals surface area contributed by atoms with Gasteiger partial charge in [-0.15, -0.1) is 0 Å². The number of benzene rings is 1. The number of guanidine groups is 1. The van der Waals surface area contributed by atoms with Gasteiger partial charge in [-0.2, -0.15) is 0 Å². The van der Waals surface area contributed by atoms with E-state index in [1.165, 1.54) is 0 Å². The van der Waals surface area contributed by atoms with Crippen molar-refractivity contribution in [3.63, 3.8) is 0 Å². The smallest absolute Gasteiger partial charge is 0.222 e. The molecule has 2 N–H and O–H groups in total. The maximum Gasteiger partial charge on any atom is 0.222 e. The molecule has 0 aliphatic carbocycles. The van der Waals surface area contributed by atoms with E-state index < -0.39 is 0 Å². The van der Waals surface area contributed by atoms with Gasteiger partial charge < -0.3 is 15.5 Å². The zero-order valence-corrected chi connectivity index (χ0v) is 16.3. The van der Waals surface area contributed by atoms with E-state index in [0.29, 0.717) is 17.9 Å². The van der Waals surface area contributed by atoms with E-state index in [4.69, 9.17) is 0 Å². The van der Waals surface area contributed by atoms with Crippen LogP contribution in [-0.4, -0.2) is 42.9 Å². The highest BCUT2D eigenvalue weighted by atomic mass is 19.1. The average molecular weight is 362 g/mol. The zero-order chi connectivity index (χ0) is 19.1. The van der Waals surface area contributed by atoms with E-state index in [-0.39, 0.29) is 23.8 Å². The molecule has 0 spiro atoms. The minimum absolute atomic E-state index is 0.0570. The normalized spacial score (nSPS) is 17.3. The average Bonchev–Trinajstić information content (AvgIpc) is 3.05. The van der Waals surface area contributed by atoms with Gasteiger partial charge in [0, 0.05) is 32.6 Å². The van der Waals surface area contributed by atoms with Crippen LogP contribution in [-0.2, 0) is 4.79 Å². The number of likely N-dealkylation sites (tertiary alicyclic amines) is 1. The number of nitrogens with one attached hydrogen (secondary N) is 2. The number of aliphatic imine (C=N–C) groups is 1. The number of rotatable bonds is 7. The minimum atomic E-state index is -0.194. The van der Waals surface area contributed by atoms with Gasteiger partial charge in [0.05, 0.1) is 6.04 Å². The Morgan fingerprint density at radius 1 is 1.42 bits per heavy atom. The number of halogens is 1. The van der Waals surface area contributed by atoms with Crippen LogP contribution in [0.15, 0.2) is 23.2 Å².